The van der Waals surface area contributed by atoms with E-state index in [1.54, 1.807) is 6.07 Å². The highest BCUT2D eigenvalue weighted by Crippen LogP contribution is 2.25. The van der Waals surface area contributed by atoms with E-state index < -0.39 is 0 Å². The van der Waals surface area contributed by atoms with Gasteiger partial charge in [-0.05, 0) is 39.0 Å². The van der Waals surface area contributed by atoms with E-state index in [0.29, 0.717) is 17.3 Å². The number of aromatic nitrogens is 2. The molecule has 1 N–H and O–H groups in total. The highest BCUT2D eigenvalue weighted by atomic mass is 35.5. The monoisotopic (exact) mass is 327 g/mol. The van der Waals surface area contributed by atoms with Crippen LogP contribution in [0, 0.1) is 0 Å². The first kappa shape index (κ1) is 16.1. The zero-order valence-electron chi connectivity index (χ0n) is 12.4. The molecule has 0 fully saturated rings. The molecule has 0 aliphatic carbocycles. The lowest BCUT2D eigenvalue weighted by atomic mass is 10.2. The van der Waals surface area contributed by atoms with Gasteiger partial charge in [0.05, 0.1) is 11.0 Å². The second kappa shape index (κ2) is 6.67. The molecule has 4 nitrogen and oxygen atoms in total. The Morgan fingerprint density at radius 3 is 2.71 bits per heavy atom. The van der Waals surface area contributed by atoms with E-state index in [0.717, 1.165) is 16.9 Å². The van der Waals surface area contributed by atoms with E-state index in [1.807, 2.05) is 37.5 Å². The Morgan fingerprint density at radius 2 is 2.10 bits per heavy atom. The number of nitrogens with zero attached hydrogens (tertiary/aromatic N) is 2. The van der Waals surface area contributed by atoms with Crippen LogP contribution in [0.2, 0.25) is 5.02 Å². The van der Waals surface area contributed by atoms with Gasteiger partial charge in [-0.1, -0.05) is 11.6 Å². The summed E-state index contributed by atoms with van der Waals surface area (Å²) in [5, 5.41) is 3.55. The maximum Gasteiger partial charge on any atom is 0.243 e. The Balaban J connectivity index is 2.50. The van der Waals surface area contributed by atoms with E-state index in [1.165, 1.54) is 0 Å². The zero-order chi connectivity index (χ0) is 15.6. The first-order valence-electron chi connectivity index (χ1n) is 6.96. The van der Waals surface area contributed by atoms with Crippen LogP contribution in [0.25, 0.3) is 11.0 Å². The SMILES string of the molecule is CC(C)NC(=O)C(C)n1c(CCCl)nc2ccc(Cl)cc21. The fourth-order valence-electron chi connectivity index (χ4n) is 2.33. The highest BCUT2D eigenvalue weighted by molar-refractivity contribution is 6.31. The van der Waals surface area contributed by atoms with Crippen molar-refractivity contribution in [3.05, 3.63) is 29.0 Å². The highest BCUT2D eigenvalue weighted by Gasteiger charge is 2.21. The van der Waals surface area contributed by atoms with Crippen LogP contribution in [0.3, 0.4) is 0 Å². The molecule has 0 radical (unpaired) electrons. The van der Waals surface area contributed by atoms with Crippen molar-refractivity contribution in [1.29, 1.82) is 0 Å². The summed E-state index contributed by atoms with van der Waals surface area (Å²) in [5.41, 5.74) is 1.68. The summed E-state index contributed by atoms with van der Waals surface area (Å²) in [6, 6.07) is 5.22. The molecule has 0 bridgehead atoms. The number of nitrogens with one attached hydrogen (secondary N) is 1. The summed E-state index contributed by atoms with van der Waals surface area (Å²) < 4.78 is 1.92. The summed E-state index contributed by atoms with van der Waals surface area (Å²) in [5.74, 6) is 1.21. The van der Waals surface area contributed by atoms with Crippen molar-refractivity contribution in [3.8, 4) is 0 Å². The minimum absolute atomic E-state index is 0.0416. The number of halogens is 2. The van der Waals surface area contributed by atoms with Crippen LogP contribution in [0.4, 0.5) is 0 Å². The number of amides is 1. The molecule has 0 saturated carbocycles. The van der Waals surface area contributed by atoms with E-state index in [2.05, 4.69) is 10.3 Å². The average Bonchev–Trinajstić information content (AvgIpc) is 2.74. The molecule has 0 saturated heterocycles. The van der Waals surface area contributed by atoms with Gasteiger partial charge in [-0.2, -0.15) is 0 Å². The van der Waals surface area contributed by atoms with Crippen LogP contribution in [0.1, 0.15) is 32.6 Å². The molecular weight excluding hydrogens is 309 g/mol. The van der Waals surface area contributed by atoms with Crippen LogP contribution in [0.5, 0.6) is 0 Å². The van der Waals surface area contributed by atoms with Crippen molar-refractivity contribution < 1.29 is 4.79 Å². The van der Waals surface area contributed by atoms with Gasteiger partial charge in [0.15, 0.2) is 0 Å². The van der Waals surface area contributed by atoms with E-state index in [-0.39, 0.29) is 18.0 Å². The van der Waals surface area contributed by atoms with Gasteiger partial charge in [-0.15, -0.1) is 11.6 Å². The van der Waals surface area contributed by atoms with Crippen LogP contribution >= 0.6 is 23.2 Å². The topological polar surface area (TPSA) is 46.9 Å². The van der Waals surface area contributed by atoms with Gasteiger partial charge in [0.2, 0.25) is 5.91 Å². The molecule has 1 amide bonds. The second-order valence-corrected chi connectivity index (χ2v) is 6.12. The standard InChI is InChI=1S/C15H19Cl2N3O/c1-9(2)18-15(21)10(3)20-13-8-11(17)4-5-12(13)19-14(20)6-7-16/h4-5,8-10H,6-7H2,1-3H3,(H,18,21). The predicted octanol–water partition coefficient (Wildman–Crippen LogP) is 3.56. The lowest BCUT2D eigenvalue weighted by Crippen LogP contribution is -2.36. The number of hydrogen-bond acceptors (Lipinski definition) is 2. The second-order valence-electron chi connectivity index (χ2n) is 5.31. The molecule has 1 atom stereocenters. The van der Waals surface area contributed by atoms with Crippen molar-refractivity contribution >= 4 is 40.1 Å². The molecular formula is C15H19Cl2N3O. The molecule has 0 spiro atoms. The van der Waals surface area contributed by atoms with Crippen LogP contribution in [0.15, 0.2) is 18.2 Å². The summed E-state index contributed by atoms with van der Waals surface area (Å²) >= 11 is 11.9. The first-order valence-corrected chi connectivity index (χ1v) is 7.88. The van der Waals surface area contributed by atoms with Gasteiger partial charge >= 0.3 is 0 Å². The molecule has 0 aliphatic heterocycles. The van der Waals surface area contributed by atoms with E-state index in [9.17, 15) is 4.79 Å². The van der Waals surface area contributed by atoms with Gasteiger partial charge in [0, 0.05) is 23.4 Å². The van der Waals surface area contributed by atoms with Gasteiger partial charge in [0.1, 0.15) is 11.9 Å². The van der Waals surface area contributed by atoms with Crippen molar-refractivity contribution in [2.75, 3.05) is 5.88 Å². The summed E-state index contributed by atoms with van der Waals surface area (Å²) in [7, 11) is 0. The molecule has 1 aromatic heterocycles. The third-order valence-corrected chi connectivity index (χ3v) is 3.66. The Morgan fingerprint density at radius 1 is 1.38 bits per heavy atom. The molecule has 1 unspecified atom stereocenters. The molecule has 1 aromatic carbocycles. The average molecular weight is 328 g/mol. The summed E-state index contributed by atoms with van der Waals surface area (Å²) in [6.07, 6.45) is 0.604. The Kier molecular flexibility index (Phi) is 5.12. The Bertz CT molecular complexity index is 652. The fraction of sp³-hybridized carbons (Fsp3) is 0.467. The lowest BCUT2D eigenvalue weighted by molar-refractivity contribution is -0.124. The Labute approximate surface area is 134 Å². The molecule has 21 heavy (non-hydrogen) atoms. The maximum atomic E-state index is 12.3. The fourth-order valence-corrected chi connectivity index (χ4v) is 2.67. The Hall–Kier alpha value is -1.26. The van der Waals surface area contributed by atoms with Crippen LogP contribution in [-0.2, 0) is 11.2 Å². The molecule has 1 heterocycles. The molecule has 114 valence electrons. The molecule has 2 aromatic rings. The molecule has 6 heteroatoms. The smallest absolute Gasteiger partial charge is 0.243 e. The van der Waals surface area contributed by atoms with Gasteiger partial charge in [-0.25, -0.2) is 4.98 Å². The number of rotatable bonds is 5. The third kappa shape index (κ3) is 3.50. The van der Waals surface area contributed by atoms with Crippen LogP contribution < -0.4 is 5.32 Å². The van der Waals surface area contributed by atoms with Crippen LogP contribution in [-0.4, -0.2) is 27.4 Å². The van der Waals surface area contributed by atoms with Gasteiger partial charge in [0.25, 0.3) is 0 Å². The summed E-state index contributed by atoms with van der Waals surface area (Å²) in [6.45, 7) is 5.73. The van der Waals surface area contributed by atoms with Gasteiger partial charge < -0.3 is 9.88 Å². The minimum Gasteiger partial charge on any atom is -0.352 e. The summed E-state index contributed by atoms with van der Waals surface area (Å²) in [4.78, 5) is 16.9. The normalized spacial score (nSPS) is 12.9. The third-order valence-electron chi connectivity index (χ3n) is 3.24. The number of carbonyl (C=O) groups excluding carboxylic acids is 1. The number of benzene rings is 1. The predicted molar refractivity (Wildman–Crippen MR) is 87.2 cm³/mol. The van der Waals surface area contributed by atoms with Crippen molar-refractivity contribution in [3.63, 3.8) is 0 Å². The molecule has 2 rings (SSSR count). The quantitative estimate of drug-likeness (QED) is 0.853. The number of imidazole rings is 1. The lowest BCUT2D eigenvalue weighted by Gasteiger charge is -2.19. The largest absolute Gasteiger partial charge is 0.352 e. The maximum absolute atomic E-state index is 12.3. The van der Waals surface area contributed by atoms with Crippen molar-refractivity contribution in [2.45, 2.75) is 39.3 Å². The number of alkyl halides is 1. The van der Waals surface area contributed by atoms with E-state index >= 15 is 0 Å². The number of carbonyl (C=O) groups is 1. The number of fused-ring (bicyclic) bond motifs is 1. The zero-order valence-corrected chi connectivity index (χ0v) is 13.9. The minimum atomic E-state index is -0.367. The van der Waals surface area contributed by atoms with Crippen molar-refractivity contribution in [2.24, 2.45) is 0 Å². The number of aryl methyl sites for hydroxylation is 1. The molecule has 0 aliphatic rings. The number of hydrogen-bond donors (Lipinski definition) is 1. The van der Waals surface area contributed by atoms with Crippen molar-refractivity contribution in [1.82, 2.24) is 14.9 Å². The first-order chi connectivity index (χ1) is 9.93. The van der Waals surface area contributed by atoms with E-state index in [4.69, 9.17) is 23.2 Å². The van der Waals surface area contributed by atoms with Gasteiger partial charge in [-0.3, -0.25) is 4.79 Å².